The molecule has 26 heavy (non-hydrogen) atoms. The molecule has 0 saturated carbocycles. The van der Waals surface area contributed by atoms with Crippen molar-refractivity contribution in [2.24, 2.45) is 0 Å². The summed E-state index contributed by atoms with van der Waals surface area (Å²) in [5.74, 6) is 0.864. The molecule has 1 fully saturated rings. The van der Waals surface area contributed by atoms with Gasteiger partial charge in [-0.05, 0) is 35.4 Å². The van der Waals surface area contributed by atoms with E-state index in [-0.39, 0.29) is 0 Å². The number of benzene rings is 2. The smallest absolute Gasteiger partial charge is 0.416 e. The fraction of sp³-hybridized carbons (Fsp3) is 0.400. The topological polar surface area (TPSA) is 15.7 Å². The summed E-state index contributed by atoms with van der Waals surface area (Å²) in [5.41, 5.74) is 1.55. The molecule has 2 aromatic carbocycles. The second-order valence-corrected chi connectivity index (χ2v) is 6.60. The van der Waals surface area contributed by atoms with Gasteiger partial charge >= 0.3 is 6.18 Å². The van der Waals surface area contributed by atoms with Crippen molar-refractivity contribution in [3.8, 4) is 5.75 Å². The summed E-state index contributed by atoms with van der Waals surface area (Å²) in [6.45, 7) is 5.27. The van der Waals surface area contributed by atoms with Crippen molar-refractivity contribution < 1.29 is 17.9 Å². The maximum Gasteiger partial charge on any atom is 0.416 e. The molecular weight excluding hydrogens is 341 g/mol. The van der Waals surface area contributed by atoms with Crippen molar-refractivity contribution in [2.45, 2.75) is 19.3 Å². The molecule has 3 nitrogen and oxygen atoms in total. The highest BCUT2D eigenvalue weighted by molar-refractivity contribution is 5.28. The highest BCUT2D eigenvalue weighted by Gasteiger charge is 2.30. The summed E-state index contributed by atoms with van der Waals surface area (Å²) in [4.78, 5) is 4.67. The first-order valence-electron chi connectivity index (χ1n) is 8.68. The molecule has 3 rings (SSSR count). The van der Waals surface area contributed by atoms with Crippen LogP contribution in [0.25, 0.3) is 0 Å². The number of halogens is 3. The Balaban J connectivity index is 1.49. The molecule has 0 aromatic heterocycles. The van der Waals surface area contributed by atoms with Crippen molar-refractivity contribution in [1.82, 2.24) is 9.80 Å². The minimum atomic E-state index is -4.27. The van der Waals surface area contributed by atoms with Crippen LogP contribution in [-0.4, -0.2) is 43.1 Å². The Bertz CT molecular complexity index is 708. The van der Waals surface area contributed by atoms with Crippen LogP contribution in [0.1, 0.15) is 16.7 Å². The molecule has 1 aliphatic rings. The molecule has 2 aromatic rings. The van der Waals surface area contributed by atoms with E-state index in [1.54, 1.807) is 19.2 Å². The lowest BCUT2D eigenvalue weighted by Gasteiger charge is -2.34. The molecule has 1 aliphatic heterocycles. The Morgan fingerprint density at radius 3 is 1.96 bits per heavy atom. The molecule has 0 amide bonds. The van der Waals surface area contributed by atoms with E-state index in [2.05, 4.69) is 21.9 Å². The van der Waals surface area contributed by atoms with Gasteiger partial charge in [-0.25, -0.2) is 0 Å². The van der Waals surface area contributed by atoms with Crippen LogP contribution in [0, 0.1) is 0 Å². The van der Waals surface area contributed by atoms with Gasteiger partial charge in [0.2, 0.25) is 0 Å². The maximum absolute atomic E-state index is 12.6. The summed E-state index contributed by atoms with van der Waals surface area (Å²) in [6, 6.07) is 13.5. The van der Waals surface area contributed by atoms with Crippen LogP contribution < -0.4 is 4.74 Å². The quantitative estimate of drug-likeness (QED) is 0.797. The number of methoxy groups -OCH3 is 1. The van der Waals surface area contributed by atoms with Crippen LogP contribution in [0.5, 0.6) is 5.75 Å². The Kier molecular flexibility index (Phi) is 5.84. The molecule has 1 heterocycles. The van der Waals surface area contributed by atoms with Gasteiger partial charge in [-0.2, -0.15) is 13.2 Å². The van der Waals surface area contributed by atoms with Gasteiger partial charge in [-0.3, -0.25) is 9.80 Å². The molecule has 0 aliphatic carbocycles. The maximum atomic E-state index is 12.6. The lowest BCUT2D eigenvalue weighted by Crippen LogP contribution is -2.45. The zero-order chi connectivity index (χ0) is 18.6. The average Bonchev–Trinajstić information content (AvgIpc) is 2.63. The molecule has 0 spiro atoms. The van der Waals surface area contributed by atoms with Crippen LogP contribution in [0.4, 0.5) is 13.2 Å². The van der Waals surface area contributed by atoms with Gasteiger partial charge in [0.25, 0.3) is 0 Å². The number of nitrogens with zero attached hydrogens (tertiary/aromatic N) is 2. The number of ether oxygens (including phenoxy) is 1. The normalized spacial score (nSPS) is 16.6. The fourth-order valence-corrected chi connectivity index (χ4v) is 3.19. The van der Waals surface area contributed by atoms with Gasteiger partial charge in [0.15, 0.2) is 0 Å². The summed E-state index contributed by atoms with van der Waals surface area (Å²) in [5, 5.41) is 0. The molecule has 0 bridgehead atoms. The molecule has 140 valence electrons. The second kappa shape index (κ2) is 8.10. The molecule has 0 unspecified atom stereocenters. The van der Waals surface area contributed by atoms with Crippen molar-refractivity contribution in [2.75, 3.05) is 33.3 Å². The summed E-state index contributed by atoms with van der Waals surface area (Å²) in [6.07, 6.45) is -4.27. The van der Waals surface area contributed by atoms with E-state index in [4.69, 9.17) is 4.74 Å². The summed E-state index contributed by atoms with van der Waals surface area (Å²) >= 11 is 0. The number of piperazine rings is 1. The Morgan fingerprint density at radius 1 is 0.846 bits per heavy atom. The third kappa shape index (κ3) is 4.99. The lowest BCUT2D eigenvalue weighted by atomic mass is 10.1. The van der Waals surface area contributed by atoms with Gasteiger partial charge in [0.05, 0.1) is 12.7 Å². The number of alkyl halides is 3. The predicted molar refractivity (Wildman–Crippen MR) is 95.0 cm³/mol. The van der Waals surface area contributed by atoms with Crippen LogP contribution in [0.2, 0.25) is 0 Å². The third-order valence-corrected chi connectivity index (χ3v) is 4.69. The van der Waals surface area contributed by atoms with Gasteiger partial charge in [0.1, 0.15) is 5.75 Å². The van der Waals surface area contributed by atoms with Gasteiger partial charge in [-0.15, -0.1) is 0 Å². The first-order chi connectivity index (χ1) is 12.4. The minimum Gasteiger partial charge on any atom is -0.497 e. The third-order valence-electron chi connectivity index (χ3n) is 4.69. The summed E-state index contributed by atoms with van der Waals surface area (Å²) in [7, 11) is 1.67. The van der Waals surface area contributed by atoms with E-state index in [9.17, 15) is 13.2 Å². The van der Waals surface area contributed by atoms with Crippen molar-refractivity contribution in [1.29, 1.82) is 0 Å². The predicted octanol–water partition coefficient (Wildman–Crippen LogP) is 4.03. The Labute approximate surface area is 152 Å². The van der Waals surface area contributed by atoms with E-state index in [0.717, 1.165) is 56.2 Å². The minimum absolute atomic E-state index is 0.593. The van der Waals surface area contributed by atoms with Crippen LogP contribution in [-0.2, 0) is 19.3 Å². The molecule has 6 heteroatoms. The lowest BCUT2D eigenvalue weighted by molar-refractivity contribution is -0.137. The number of hydrogen-bond donors (Lipinski definition) is 0. The SMILES string of the molecule is COc1cccc(CN2CCN(Cc3ccc(C(F)(F)F)cc3)CC2)c1. The van der Waals surface area contributed by atoms with Gasteiger partial charge in [0, 0.05) is 39.3 Å². The van der Waals surface area contributed by atoms with Crippen molar-refractivity contribution in [3.63, 3.8) is 0 Å². The van der Waals surface area contributed by atoms with E-state index < -0.39 is 11.7 Å². The monoisotopic (exact) mass is 364 g/mol. The van der Waals surface area contributed by atoms with Crippen LogP contribution in [0.15, 0.2) is 48.5 Å². The number of rotatable bonds is 5. The van der Waals surface area contributed by atoms with Gasteiger partial charge < -0.3 is 4.74 Å². The van der Waals surface area contributed by atoms with Gasteiger partial charge in [-0.1, -0.05) is 24.3 Å². The number of hydrogen-bond acceptors (Lipinski definition) is 3. The molecule has 0 atom stereocenters. The zero-order valence-corrected chi connectivity index (χ0v) is 14.8. The zero-order valence-electron chi connectivity index (χ0n) is 14.8. The van der Waals surface area contributed by atoms with Crippen molar-refractivity contribution in [3.05, 3.63) is 65.2 Å². The van der Waals surface area contributed by atoms with E-state index in [1.165, 1.54) is 5.56 Å². The Morgan fingerprint density at radius 2 is 1.42 bits per heavy atom. The van der Waals surface area contributed by atoms with Crippen LogP contribution >= 0.6 is 0 Å². The van der Waals surface area contributed by atoms with E-state index in [0.29, 0.717) is 6.54 Å². The highest BCUT2D eigenvalue weighted by Crippen LogP contribution is 2.29. The fourth-order valence-electron chi connectivity index (χ4n) is 3.19. The Hall–Kier alpha value is -2.05. The van der Waals surface area contributed by atoms with Crippen LogP contribution in [0.3, 0.4) is 0 Å². The first kappa shape index (κ1) is 18.7. The molecular formula is C20H23F3N2O. The molecule has 1 saturated heterocycles. The van der Waals surface area contributed by atoms with E-state index >= 15 is 0 Å². The second-order valence-electron chi connectivity index (χ2n) is 6.60. The highest BCUT2D eigenvalue weighted by atomic mass is 19.4. The average molecular weight is 364 g/mol. The molecule has 0 radical (unpaired) electrons. The molecule has 0 N–H and O–H groups in total. The van der Waals surface area contributed by atoms with Crippen molar-refractivity contribution >= 4 is 0 Å². The largest absolute Gasteiger partial charge is 0.497 e. The van der Waals surface area contributed by atoms with E-state index in [1.807, 2.05) is 12.1 Å². The standard InChI is InChI=1S/C20H23F3N2O/c1-26-19-4-2-3-17(13-19)15-25-11-9-24(10-12-25)14-16-5-7-18(8-6-16)20(21,22)23/h2-8,13H,9-12,14-15H2,1H3. The summed E-state index contributed by atoms with van der Waals surface area (Å²) < 4.78 is 43.1. The first-order valence-corrected chi connectivity index (χ1v) is 8.68.